The monoisotopic (exact) mass is 481 g/mol. The number of nitrogens with zero attached hydrogens (tertiary/aromatic N) is 1. The Bertz CT molecular complexity index is 438. The summed E-state index contributed by atoms with van der Waals surface area (Å²) in [6, 6.07) is 0. The maximum atomic E-state index is 12.3. The fraction of sp³-hybridized carbons (Fsp3) is 1.00. The third-order valence-electron chi connectivity index (χ3n) is 5.18. The number of phosphoric ester groups is 1. The van der Waals surface area contributed by atoms with Gasteiger partial charge >= 0.3 is 0 Å². The Morgan fingerprint density at radius 2 is 1.16 bits per heavy atom. The topological polar surface area (TPSA) is 77.1 Å². The highest BCUT2D eigenvalue weighted by Gasteiger charge is 2.20. The van der Waals surface area contributed by atoms with Gasteiger partial charge in [-0.2, -0.15) is 0 Å². The number of unbranched alkanes of at least 4 members (excludes halogenated alkanes) is 10. The molecule has 0 aliphatic rings. The first-order chi connectivity index (χ1) is 15.2. The molecular weight excluding hydrogens is 429 g/mol. The second-order valence-corrected chi connectivity index (χ2v) is 11.1. The molecule has 0 aliphatic heterocycles. The van der Waals surface area contributed by atoms with E-state index in [0.717, 1.165) is 25.7 Å². The number of ether oxygens (including phenoxy) is 2. The van der Waals surface area contributed by atoms with Crippen LogP contribution in [0.1, 0.15) is 90.9 Å². The van der Waals surface area contributed by atoms with Crippen molar-refractivity contribution >= 4 is 7.82 Å². The predicted molar refractivity (Wildman–Crippen MR) is 130 cm³/mol. The average molecular weight is 482 g/mol. The number of rotatable bonds is 24. The molecule has 1 unspecified atom stereocenters. The molecule has 32 heavy (non-hydrogen) atoms. The standard InChI is InChI=1S/C24H52NO6P/c1-6-8-10-12-14-16-19-28-22-24(23-29-20-17-15-13-11-9-7-2)31-32(26,27)30-21-18-25(3,4)5/h24H,6-23H2,1-5H3. The quantitative estimate of drug-likeness (QED) is 0.106. The summed E-state index contributed by atoms with van der Waals surface area (Å²) in [5.41, 5.74) is 0. The van der Waals surface area contributed by atoms with Crippen molar-refractivity contribution in [1.29, 1.82) is 0 Å². The van der Waals surface area contributed by atoms with Gasteiger partial charge in [0.25, 0.3) is 7.82 Å². The molecule has 7 nitrogen and oxygen atoms in total. The van der Waals surface area contributed by atoms with Crippen LogP contribution in [0, 0.1) is 0 Å². The fourth-order valence-corrected chi connectivity index (χ4v) is 4.00. The highest BCUT2D eigenvalue weighted by atomic mass is 31.2. The highest BCUT2D eigenvalue weighted by Crippen LogP contribution is 2.39. The predicted octanol–water partition coefficient (Wildman–Crippen LogP) is 5.32. The Hall–Kier alpha value is -0.0100. The van der Waals surface area contributed by atoms with Gasteiger partial charge < -0.3 is 27.9 Å². The van der Waals surface area contributed by atoms with Crippen LogP contribution < -0.4 is 4.89 Å². The van der Waals surface area contributed by atoms with Crippen LogP contribution >= 0.6 is 7.82 Å². The van der Waals surface area contributed by atoms with E-state index in [1.54, 1.807) is 0 Å². The molecular formula is C24H52NO6P. The van der Waals surface area contributed by atoms with Crippen molar-refractivity contribution in [1.82, 2.24) is 0 Å². The van der Waals surface area contributed by atoms with Crippen molar-refractivity contribution in [2.45, 2.75) is 97.0 Å². The van der Waals surface area contributed by atoms with Gasteiger partial charge in [-0.3, -0.25) is 4.57 Å². The molecule has 0 aromatic heterocycles. The second-order valence-electron chi connectivity index (χ2n) is 9.71. The van der Waals surface area contributed by atoms with E-state index in [2.05, 4.69) is 13.8 Å². The molecule has 0 amide bonds. The van der Waals surface area contributed by atoms with Crippen molar-refractivity contribution in [3.05, 3.63) is 0 Å². The van der Waals surface area contributed by atoms with Crippen LogP contribution in [0.4, 0.5) is 0 Å². The Morgan fingerprint density at radius 3 is 1.59 bits per heavy atom. The number of hydrogen-bond acceptors (Lipinski definition) is 6. The summed E-state index contributed by atoms with van der Waals surface area (Å²) >= 11 is 0. The number of quaternary nitrogens is 1. The van der Waals surface area contributed by atoms with Gasteiger partial charge in [-0.25, -0.2) is 0 Å². The molecule has 0 aromatic rings. The Balaban J connectivity index is 4.28. The van der Waals surface area contributed by atoms with Gasteiger partial charge in [0.2, 0.25) is 0 Å². The summed E-state index contributed by atoms with van der Waals surface area (Å²) in [5, 5.41) is 0. The number of hydrogen-bond donors (Lipinski definition) is 0. The van der Waals surface area contributed by atoms with E-state index in [-0.39, 0.29) is 19.8 Å². The molecule has 0 bridgehead atoms. The lowest BCUT2D eigenvalue weighted by atomic mass is 10.1. The zero-order valence-electron chi connectivity index (χ0n) is 21.6. The average Bonchev–Trinajstić information content (AvgIpc) is 2.70. The maximum Gasteiger partial charge on any atom is 0.268 e. The Labute approximate surface area is 198 Å². The van der Waals surface area contributed by atoms with Gasteiger partial charge in [0, 0.05) is 13.2 Å². The van der Waals surface area contributed by atoms with Crippen LogP contribution in [-0.2, 0) is 23.1 Å². The van der Waals surface area contributed by atoms with Crippen molar-refractivity contribution in [3.8, 4) is 0 Å². The van der Waals surface area contributed by atoms with Gasteiger partial charge in [-0.15, -0.1) is 0 Å². The SMILES string of the molecule is CCCCCCCCOCC(COCCCCCCCC)OP(=O)([O-])OCC[N+](C)(C)C. The van der Waals surface area contributed by atoms with Gasteiger partial charge in [-0.05, 0) is 12.8 Å². The molecule has 0 saturated carbocycles. The zero-order valence-corrected chi connectivity index (χ0v) is 22.5. The van der Waals surface area contributed by atoms with E-state index in [4.69, 9.17) is 18.5 Å². The molecule has 0 aliphatic carbocycles. The third kappa shape index (κ3) is 23.2. The second kappa shape index (κ2) is 20.4. The third-order valence-corrected chi connectivity index (χ3v) is 6.24. The van der Waals surface area contributed by atoms with E-state index >= 15 is 0 Å². The summed E-state index contributed by atoms with van der Waals surface area (Å²) in [5.74, 6) is 0. The molecule has 0 radical (unpaired) electrons. The van der Waals surface area contributed by atoms with E-state index < -0.39 is 13.9 Å². The molecule has 0 N–H and O–H groups in total. The molecule has 1 atom stereocenters. The first-order valence-corrected chi connectivity index (χ1v) is 14.3. The van der Waals surface area contributed by atoms with Crippen LogP contribution in [0.2, 0.25) is 0 Å². The van der Waals surface area contributed by atoms with E-state index in [1.165, 1.54) is 51.4 Å². The van der Waals surface area contributed by atoms with Gasteiger partial charge in [0.1, 0.15) is 19.3 Å². The van der Waals surface area contributed by atoms with Crippen LogP contribution in [-0.4, -0.2) is 71.3 Å². The molecule has 8 heteroatoms. The maximum absolute atomic E-state index is 12.3. The summed E-state index contributed by atoms with van der Waals surface area (Å²) in [4.78, 5) is 12.3. The van der Waals surface area contributed by atoms with Crippen molar-refractivity contribution < 1.29 is 32.5 Å². The highest BCUT2D eigenvalue weighted by molar-refractivity contribution is 7.45. The first kappa shape index (κ1) is 32.0. The lowest BCUT2D eigenvalue weighted by Gasteiger charge is -2.30. The minimum absolute atomic E-state index is 0.0915. The van der Waals surface area contributed by atoms with Crippen LogP contribution in [0.25, 0.3) is 0 Å². The molecule has 0 rings (SSSR count). The normalized spacial score (nSPS) is 14.2. The zero-order chi connectivity index (χ0) is 24.1. The summed E-state index contributed by atoms with van der Waals surface area (Å²) in [6.07, 6.45) is 13.5. The van der Waals surface area contributed by atoms with Crippen LogP contribution in [0.15, 0.2) is 0 Å². The smallest absolute Gasteiger partial charge is 0.268 e. The van der Waals surface area contributed by atoms with Crippen LogP contribution in [0.5, 0.6) is 0 Å². The largest absolute Gasteiger partial charge is 0.756 e. The minimum Gasteiger partial charge on any atom is -0.756 e. The Kier molecular flexibility index (Phi) is 20.4. The molecule has 0 spiro atoms. The van der Waals surface area contributed by atoms with Gasteiger partial charge in [0.15, 0.2) is 0 Å². The lowest BCUT2D eigenvalue weighted by Crippen LogP contribution is -2.38. The van der Waals surface area contributed by atoms with Gasteiger partial charge in [0.05, 0.1) is 34.4 Å². The first-order valence-electron chi connectivity index (χ1n) is 12.8. The van der Waals surface area contributed by atoms with Gasteiger partial charge in [-0.1, -0.05) is 78.1 Å². The van der Waals surface area contributed by atoms with E-state index in [9.17, 15) is 9.46 Å². The summed E-state index contributed by atoms with van der Waals surface area (Å²) < 4.78 is 34.6. The summed E-state index contributed by atoms with van der Waals surface area (Å²) in [7, 11) is 1.54. The molecule has 194 valence electrons. The summed E-state index contributed by atoms with van der Waals surface area (Å²) in [6.45, 7) is 6.67. The fourth-order valence-electron chi connectivity index (χ4n) is 3.15. The lowest BCUT2D eigenvalue weighted by molar-refractivity contribution is -0.870. The van der Waals surface area contributed by atoms with Crippen molar-refractivity contribution in [2.24, 2.45) is 0 Å². The number of phosphoric acid groups is 1. The molecule has 0 heterocycles. The van der Waals surface area contributed by atoms with E-state index in [0.29, 0.717) is 24.2 Å². The van der Waals surface area contributed by atoms with Crippen molar-refractivity contribution in [2.75, 3.05) is 60.7 Å². The molecule has 0 aromatic carbocycles. The molecule has 0 saturated heterocycles. The molecule has 0 fully saturated rings. The van der Waals surface area contributed by atoms with Crippen molar-refractivity contribution in [3.63, 3.8) is 0 Å². The Morgan fingerprint density at radius 1 is 0.719 bits per heavy atom. The minimum atomic E-state index is -4.40. The number of likely N-dealkylation sites (N-methyl/N-ethyl adjacent to an activating group) is 1. The van der Waals surface area contributed by atoms with E-state index in [1.807, 2.05) is 21.1 Å². The van der Waals surface area contributed by atoms with Crippen LogP contribution in [0.3, 0.4) is 0 Å².